The van der Waals surface area contributed by atoms with Gasteiger partial charge in [-0.25, -0.2) is 0 Å². The number of carbonyl (C=O) groups excluding carboxylic acids is 1. The second-order valence-electron chi connectivity index (χ2n) is 6.46. The van der Waals surface area contributed by atoms with E-state index in [2.05, 4.69) is 5.32 Å². The Kier molecular flexibility index (Phi) is 5.08. The quantitative estimate of drug-likeness (QED) is 0.903. The maximum Gasteiger partial charge on any atom is 0.281 e. The third-order valence-corrected chi connectivity index (χ3v) is 6.55. The smallest absolute Gasteiger partial charge is 0.281 e. The van der Waals surface area contributed by atoms with Crippen molar-refractivity contribution in [2.45, 2.75) is 18.9 Å². The standard InChI is InChI=1S/C18H23N3O3S/c1-20(2)25(23,24)21-12-10-15(11-13-21)19-18(22)17-9-5-7-14-6-3-4-8-16(14)17/h3-9,15H,10-13H2,1-2H3,(H,19,22). The van der Waals surface area contributed by atoms with Crippen LogP contribution in [0.3, 0.4) is 0 Å². The van der Waals surface area contributed by atoms with Crippen molar-refractivity contribution in [3.05, 3.63) is 48.0 Å². The van der Waals surface area contributed by atoms with E-state index in [0.717, 1.165) is 10.8 Å². The summed E-state index contributed by atoms with van der Waals surface area (Å²) in [5.41, 5.74) is 0.654. The Balaban J connectivity index is 1.67. The van der Waals surface area contributed by atoms with Crippen molar-refractivity contribution < 1.29 is 13.2 Å². The first-order valence-electron chi connectivity index (χ1n) is 8.36. The van der Waals surface area contributed by atoms with Crippen molar-refractivity contribution in [1.29, 1.82) is 0 Å². The summed E-state index contributed by atoms with van der Waals surface area (Å²) in [6, 6.07) is 13.5. The Hall–Kier alpha value is -1.96. The van der Waals surface area contributed by atoms with E-state index in [1.165, 1.54) is 22.7 Å². The molecule has 0 saturated carbocycles. The highest BCUT2D eigenvalue weighted by Gasteiger charge is 2.30. The Morgan fingerprint density at radius 3 is 2.40 bits per heavy atom. The van der Waals surface area contributed by atoms with Crippen LogP contribution in [-0.2, 0) is 10.2 Å². The highest BCUT2D eigenvalue weighted by atomic mass is 32.2. The molecule has 1 fully saturated rings. The van der Waals surface area contributed by atoms with Crippen LogP contribution in [0.2, 0.25) is 0 Å². The maximum absolute atomic E-state index is 12.7. The zero-order valence-electron chi connectivity index (χ0n) is 14.5. The number of rotatable bonds is 4. The van der Waals surface area contributed by atoms with Gasteiger partial charge in [0.1, 0.15) is 0 Å². The van der Waals surface area contributed by atoms with Crippen LogP contribution in [0.4, 0.5) is 0 Å². The summed E-state index contributed by atoms with van der Waals surface area (Å²) in [6.45, 7) is 0.835. The second kappa shape index (κ2) is 7.11. The minimum absolute atomic E-state index is 0.0138. The molecule has 2 aromatic carbocycles. The molecule has 0 aliphatic carbocycles. The third kappa shape index (κ3) is 3.68. The van der Waals surface area contributed by atoms with E-state index in [1.807, 2.05) is 42.5 Å². The Morgan fingerprint density at radius 2 is 1.72 bits per heavy atom. The number of nitrogens with zero attached hydrogens (tertiary/aromatic N) is 2. The fourth-order valence-electron chi connectivity index (χ4n) is 3.15. The SMILES string of the molecule is CN(C)S(=O)(=O)N1CCC(NC(=O)c2cccc3ccccc23)CC1. The molecule has 1 aliphatic rings. The average molecular weight is 361 g/mol. The molecule has 1 aliphatic heterocycles. The van der Waals surface area contributed by atoms with Gasteiger partial charge in [-0.15, -0.1) is 0 Å². The monoisotopic (exact) mass is 361 g/mol. The van der Waals surface area contributed by atoms with Gasteiger partial charge in [0.15, 0.2) is 0 Å². The Morgan fingerprint density at radius 1 is 1.08 bits per heavy atom. The zero-order chi connectivity index (χ0) is 18.0. The lowest BCUT2D eigenvalue weighted by Crippen LogP contribution is -2.49. The van der Waals surface area contributed by atoms with Crippen LogP contribution in [0.5, 0.6) is 0 Å². The molecular weight excluding hydrogens is 338 g/mol. The van der Waals surface area contributed by atoms with E-state index in [-0.39, 0.29) is 11.9 Å². The summed E-state index contributed by atoms with van der Waals surface area (Å²) in [6.07, 6.45) is 1.23. The molecular formula is C18H23N3O3S. The van der Waals surface area contributed by atoms with E-state index >= 15 is 0 Å². The average Bonchev–Trinajstić information content (AvgIpc) is 2.61. The van der Waals surface area contributed by atoms with Crippen LogP contribution >= 0.6 is 0 Å². The molecule has 0 spiro atoms. The van der Waals surface area contributed by atoms with Gasteiger partial charge in [0.25, 0.3) is 16.1 Å². The molecule has 7 heteroatoms. The molecule has 1 amide bonds. The fourth-order valence-corrected chi connectivity index (χ4v) is 4.28. The molecule has 25 heavy (non-hydrogen) atoms. The van der Waals surface area contributed by atoms with Crippen LogP contribution in [0.1, 0.15) is 23.2 Å². The molecule has 0 radical (unpaired) electrons. The van der Waals surface area contributed by atoms with E-state index in [9.17, 15) is 13.2 Å². The number of hydrogen-bond acceptors (Lipinski definition) is 3. The van der Waals surface area contributed by atoms with Gasteiger partial charge >= 0.3 is 0 Å². The summed E-state index contributed by atoms with van der Waals surface area (Å²) in [4.78, 5) is 12.7. The second-order valence-corrected chi connectivity index (χ2v) is 8.61. The van der Waals surface area contributed by atoms with Gasteiger partial charge in [-0.1, -0.05) is 36.4 Å². The van der Waals surface area contributed by atoms with Crippen LogP contribution in [0.15, 0.2) is 42.5 Å². The van der Waals surface area contributed by atoms with Crippen molar-refractivity contribution in [2.75, 3.05) is 27.2 Å². The lowest BCUT2D eigenvalue weighted by Gasteiger charge is -2.33. The van der Waals surface area contributed by atoms with Crippen molar-refractivity contribution in [2.24, 2.45) is 0 Å². The summed E-state index contributed by atoms with van der Waals surface area (Å²) in [5, 5.41) is 5.01. The fraction of sp³-hybridized carbons (Fsp3) is 0.389. The van der Waals surface area contributed by atoms with E-state index in [1.54, 1.807) is 0 Å². The summed E-state index contributed by atoms with van der Waals surface area (Å²) in [7, 11) is -0.316. The number of piperidine rings is 1. The van der Waals surface area contributed by atoms with Gasteiger partial charge in [0, 0.05) is 38.8 Å². The number of nitrogens with one attached hydrogen (secondary N) is 1. The maximum atomic E-state index is 12.7. The first kappa shape index (κ1) is 17.8. The van der Waals surface area contributed by atoms with Gasteiger partial charge in [0.2, 0.25) is 0 Å². The summed E-state index contributed by atoms with van der Waals surface area (Å²) >= 11 is 0. The Labute approximate surface area is 148 Å². The van der Waals surface area contributed by atoms with Gasteiger partial charge in [-0.05, 0) is 29.7 Å². The van der Waals surface area contributed by atoms with Gasteiger partial charge in [-0.3, -0.25) is 4.79 Å². The molecule has 6 nitrogen and oxygen atoms in total. The molecule has 1 N–H and O–H groups in total. The molecule has 1 heterocycles. The molecule has 3 rings (SSSR count). The molecule has 2 aromatic rings. The van der Waals surface area contributed by atoms with Crippen molar-refractivity contribution in [3.63, 3.8) is 0 Å². The molecule has 0 atom stereocenters. The van der Waals surface area contributed by atoms with Crippen LogP contribution in [0, 0.1) is 0 Å². The van der Waals surface area contributed by atoms with Crippen LogP contribution < -0.4 is 5.32 Å². The van der Waals surface area contributed by atoms with Gasteiger partial charge < -0.3 is 5.32 Å². The van der Waals surface area contributed by atoms with Gasteiger partial charge in [-0.2, -0.15) is 17.0 Å². The first-order chi connectivity index (χ1) is 11.9. The minimum Gasteiger partial charge on any atom is -0.349 e. The van der Waals surface area contributed by atoms with Crippen molar-refractivity contribution in [3.8, 4) is 0 Å². The number of amides is 1. The predicted molar refractivity (Wildman–Crippen MR) is 98.6 cm³/mol. The van der Waals surface area contributed by atoms with Crippen molar-refractivity contribution >= 4 is 26.9 Å². The van der Waals surface area contributed by atoms with Crippen LogP contribution in [-0.4, -0.2) is 56.2 Å². The molecule has 0 unspecified atom stereocenters. The highest BCUT2D eigenvalue weighted by Crippen LogP contribution is 2.20. The van der Waals surface area contributed by atoms with E-state index in [4.69, 9.17) is 0 Å². The number of carbonyl (C=O) groups is 1. The number of benzene rings is 2. The number of hydrogen-bond donors (Lipinski definition) is 1. The molecule has 134 valence electrons. The zero-order valence-corrected chi connectivity index (χ0v) is 15.3. The third-order valence-electron chi connectivity index (χ3n) is 4.61. The van der Waals surface area contributed by atoms with Crippen molar-refractivity contribution in [1.82, 2.24) is 13.9 Å². The minimum atomic E-state index is -3.38. The topological polar surface area (TPSA) is 69.7 Å². The van der Waals surface area contributed by atoms with E-state index < -0.39 is 10.2 Å². The summed E-state index contributed by atoms with van der Waals surface area (Å²) < 4.78 is 27.0. The lowest BCUT2D eigenvalue weighted by atomic mass is 10.0. The molecule has 0 bridgehead atoms. The molecule has 0 aromatic heterocycles. The largest absolute Gasteiger partial charge is 0.349 e. The van der Waals surface area contributed by atoms with Crippen LogP contribution in [0.25, 0.3) is 10.8 Å². The van der Waals surface area contributed by atoms with Gasteiger partial charge in [0.05, 0.1) is 0 Å². The number of fused-ring (bicyclic) bond motifs is 1. The predicted octanol–water partition coefficient (Wildman–Crippen LogP) is 1.84. The lowest BCUT2D eigenvalue weighted by molar-refractivity contribution is 0.0925. The highest BCUT2D eigenvalue weighted by molar-refractivity contribution is 7.86. The van der Waals surface area contributed by atoms with E-state index in [0.29, 0.717) is 31.5 Å². The normalized spacial score (nSPS) is 17.1. The first-order valence-corrected chi connectivity index (χ1v) is 9.75. The summed E-state index contributed by atoms with van der Waals surface area (Å²) in [5.74, 6) is -0.106. The Bertz CT molecular complexity index is 867. The molecule has 1 saturated heterocycles.